The van der Waals surface area contributed by atoms with Crippen LogP contribution in [0, 0.1) is 0 Å². The van der Waals surface area contributed by atoms with Gasteiger partial charge in [0.15, 0.2) is 28.8 Å². The molecule has 0 spiro atoms. The molecule has 0 atom stereocenters. The van der Waals surface area contributed by atoms with E-state index in [0.717, 1.165) is 0 Å². The molecule has 130 valence electrons. The molecule has 0 fully saturated rings. The van der Waals surface area contributed by atoms with Gasteiger partial charge in [-0.2, -0.15) is 0 Å². The lowest BCUT2D eigenvalue weighted by Gasteiger charge is -2.08. The molecule has 0 bridgehead atoms. The zero-order valence-electron chi connectivity index (χ0n) is 14.2. The van der Waals surface area contributed by atoms with Gasteiger partial charge in [0, 0.05) is 5.56 Å². The Morgan fingerprint density at radius 2 is 1.88 bits per heavy atom. The molecule has 6 heteroatoms. The van der Waals surface area contributed by atoms with Crippen LogP contribution in [0.2, 0.25) is 0 Å². The van der Waals surface area contributed by atoms with Crippen LogP contribution in [0.15, 0.2) is 35.9 Å². The van der Waals surface area contributed by atoms with E-state index in [0.29, 0.717) is 39.7 Å². The maximum atomic E-state index is 12.7. The SMILES string of the molecule is COc1ccc(/C=C(\C)C(=O)c2cc(OC)c3c(c2)OCO3)cc1O. The van der Waals surface area contributed by atoms with Crippen molar-refractivity contribution in [2.75, 3.05) is 21.0 Å². The Kier molecular flexibility index (Phi) is 4.52. The molecule has 0 saturated carbocycles. The van der Waals surface area contributed by atoms with E-state index in [4.69, 9.17) is 18.9 Å². The number of carbonyl (C=O) groups excluding carboxylic acids is 1. The molecule has 2 aromatic carbocycles. The van der Waals surface area contributed by atoms with Crippen molar-refractivity contribution in [3.05, 3.63) is 47.0 Å². The fourth-order valence-electron chi connectivity index (χ4n) is 2.60. The summed E-state index contributed by atoms with van der Waals surface area (Å²) < 4.78 is 21.0. The smallest absolute Gasteiger partial charge is 0.231 e. The number of allylic oxidation sites excluding steroid dienone is 1. The Balaban J connectivity index is 1.91. The van der Waals surface area contributed by atoms with E-state index in [2.05, 4.69) is 0 Å². The zero-order chi connectivity index (χ0) is 18.0. The van der Waals surface area contributed by atoms with Gasteiger partial charge < -0.3 is 24.1 Å². The monoisotopic (exact) mass is 342 g/mol. The van der Waals surface area contributed by atoms with Gasteiger partial charge in [-0.05, 0) is 48.4 Å². The van der Waals surface area contributed by atoms with Crippen molar-refractivity contribution in [3.8, 4) is 28.7 Å². The molecule has 1 N–H and O–H groups in total. The molecule has 0 aromatic heterocycles. The first kappa shape index (κ1) is 16.7. The lowest BCUT2D eigenvalue weighted by atomic mass is 10.0. The van der Waals surface area contributed by atoms with Gasteiger partial charge >= 0.3 is 0 Å². The van der Waals surface area contributed by atoms with E-state index in [1.165, 1.54) is 20.3 Å². The average molecular weight is 342 g/mol. The average Bonchev–Trinajstić information content (AvgIpc) is 3.09. The van der Waals surface area contributed by atoms with Gasteiger partial charge in [-0.25, -0.2) is 0 Å². The lowest BCUT2D eigenvalue weighted by Crippen LogP contribution is -2.01. The number of ether oxygens (including phenoxy) is 4. The van der Waals surface area contributed by atoms with Crippen LogP contribution in [0.1, 0.15) is 22.8 Å². The molecular weight excluding hydrogens is 324 g/mol. The number of methoxy groups -OCH3 is 2. The molecule has 3 rings (SSSR count). The third-order valence-corrected chi connectivity index (χ3v) is 3.86. The lowest BCUT2D eigenvalue weighted by molar-refractivity contribution is 0.103. The molecule has 1 heterocycles. The van der Waals surface area contributed by atoms with Crippen molar-refractivity contribution in [1.29, 1.82) is 0 Å². The van der Waals surface area contributed by atoms with E-state index in [9.17, 15) is 9.90 Å². The van der Waals surface area contributed by atoms with Crippen LogP contribution in [-0.4, -0.2) is 31.9 Å². The van der Waals surface area contributed by atoms with Crippen LogP contribution in [0.5, 0.6) is 28.7 Å². The van der Waals surface area contributed by atoms with Gasteiger partial charge in [-0.3, -0.25) is 4.79 Å². The first-order valence-electron chi connectivity index (χ1n) is 7.61. The maximum Gasteiger partial charge on any atom is 0.231 e. The maximum absolute atomic E-state index is 12.7. The molecule has 0 aliphatic carbocycles. The topological polar surface area (TPSA) is 74.2 Å². The van der Waals surface area contributed by atoms with Crippen molar-refractivity contribution < 1.29 is 28.8 Å². The highest BCUT2D eigenvalue weighted by molar-refractivity contribution is 6.11. The second kappa shape index (κ2) is 6.76. The number of benzene rings is 2. The Labute approximate surface area is 145 Å². The largest absolute Gasteiger partial charge is 0.504 e. The summed E-state index contributed by atoms with van der Waals surface area (Å²) in [5, 5.41) is 9.85. The molecule has 1 aliphatic heterocycles. The Bertz CT molecular complexity index is 853. The van der Waals surface area contributed by atoms with Crippen molar-refractivity contribution in [1.82, 2.24) is 0 Å². The fraction of sp³-hybridized carbons (Fsp3) is 0.211. The van der Waals surface area contributed by atoms with E-state index in [1.807, 2.05) is 0 Å². The molecule has 0 radical (unpaired) electrons. The van der Waals surface area contributed by atoms with Gasteiger partial charge in [0.25, 0.3) is 0 Å². The van der Waals surface area contributed by atoms with Crippen molar-refractivity contribution in [2.24, 2.45) is 0 Å². The summed E-state index contributed by atoms with van der Waals surface area (Å²) in [5.41, 5.74) is 1.63. The van der Waals surface area contributed by atoms with E-state index < -0.39 is 0 Å². The number of hydrogen-bond acceptors (Lipinski definition) is 6. The number of phenolic OH excluding ortho intramolecular Hbond substituents is 1. The summed E-state index contributed by atoms with van der Waals surface area (Å²) in [6.45, 7) is 1.81. The van der Waals surface area contributed by atoms with Crippen molar-refractivity contribution >= 4 is 11.9 Å². The van der Waals surface area contributed by atoms with E-state index in [-0.39, 0.29) is 18.3 Å². The number of phenols is 1. The Morgan fingerprint density at radius 1 is 1.12 bits per heavy atom. The molecule has 2 aromatic rings. The first-order valence-corrected chi connectivity index (χ1v) is 7.61. The number of Topliss-reactive ketones (excluding diaryl/α,β-unsaturated/α-hetero) is 1. The van der Waals surface area contributed by atoms with Crippen LogP contribution < -0.4 is 18.9 Å². The summed E-state index contributed by atoms with van der Waals surface area (Å²) in [4.78, 5) is 12.7. The second-order valence-electron chi connectivity index (χ2n) is 5.50. The summed E-state index contributed by atoms with van der Waals surface area (Å²) in [5.74, 6) is 1.65. The number of hydrogen-bond donors (Lipinski definition) is 1. The minimum absolute atomic E-state index is 0.0150. The Hall–Kier alpha value is -3.15. The van der Waals surface area contributed by atoms with Crippen molar-refractivity contribution in [2.45, 2.75) is 6.92 Å². The fourth-order valence-corrected chi connectivity index (χ4v) is 2.60. The second-order valence-corrected chi connectivity index (χ2v) is 5.50. The predicted octanol–water partition coefficient (Wildman–Crippen LogP) is 3.42. The third-order valence-electron chi connectivity index (χ3n) is 3.86. The number of aromatic hydroxyl groups is 1. The van der Waals surface area contributed by atoms with Crippen LogP contribution in [0.4, 0.5) is 0 Å². The molecule has 1 aliphatic rings. The number of carbonyl (C=O) groups is 1. The zero-order valence-corrected chi connectivity index (χ0v) is 14.2. The summed E-state index contributed by atoms with van der Waals surface area (Å²) in [6, 6.07) is 8.20. The molecule has 0 amide bonds. The van der Waals surface area contributed by atoms with Gasteiger partial charge in [0.1, 0.15) is 0 Å². The van der Waals surface area contributed by atoms with Gasteiger partial charge in [0.2, 0.25) is 12.5 Å². The molecule has 25 heavy (non-hydrogen) atoms. The predicted molar refractivity (Wildman–Crippen MR) is 91.8 cm³/mol. The summed E-state index contributed by atoms with van der Waals surface area (Å²) in [6.07, 6.45) is 1.69. The number of ketones is 1. The minimum atomic E-state index is -0.174. The minimum Gasteiger partial charge on any atom is -0.504 e. The Morgan fingerprint density at radius 3 is 2.56 bits per heavy atom. The third kappa shape index (κ3) is 3.24. The highest BCUT2D eigenvalue weighted by atomic mass is 16.7. The quantitative estimate of drug-likeness (QED) is 0.663. The first-order chi connectivity index (χ1) is 12.0. The highest BCUT2D eigenvalue weighted by Gasteiger charge is 2.22. The van der Waals surface area contributed by atoms with Crippen LogP contribution >= 0.6 is 0 Å². The van der Waals surface area contributed by atoms with Crippen LogP contribution in [0.25, 0.3) is 6.08 Å². The molecular formula is C19H18O6. The number of fused-ring (bicyclic) bond motifs is 1. The van der Waals surface area contributed by atoms with Gasteiger partial charge in [-0.15, -0.1) is 0 Å². The summed E-state index contributed by atoms with van der Waals surface area (Å²) >= 11 is 0. The van der Waals surface area contributed by atoms with Crippen LogP contribution in [0.3, 0.4) is 0 Å². The van der Waals surface area contributed by atoms with E-state index >= 15 is 0 Å². The normalized spacial score (nSPS) is 12.8. The van der Waals surface area contributed by atoms with Crippen LogP contribution in [-0.2, 0) is 0 Å². The number of rotatable bonds is 5. The molecule has 6 nitrogen and oxygen atoms in total. The van der Waals surface area contributed by atoms with Gasteiger partial charge in [-0.1, -0.05) is 6.07 Å². The standard InChI is InChI=1S/C19H18O6/c1-11(6-12-4-5-15(22-2)14(20)7-12)18(21)13-8-16(23-3)19-17(9-13)24-10-25-19/h4-9,20H,10H2,1-3H3/b11-6+. The molecule has 0 saturated heterocycles. The highest BCUT2D eigenvalue weighted by Crippen LogP contribution is 2.42. The van der Waals surface area contributed by atoms with Crippen molar-refractivity contribution in [3.63, 3.8) is 0 Å². The van der Waals surface area contributed by atoms with Gasteiger partial charge in [0.05, 0.1) is 14.2 Å². The molecule has 0 unspecified atom stereocenters. The van der Waals surface area contributed by atoms with E-state index in [1.54, 1.807) is 37.3 Å². The summed E-state index contributed by atoms with van der Waals surface area (Å²) in [7, 11) is 2.99.